The van der Waals surface area contributed by atoms with Gasteiger partial charge in [0.2, 0.25) is 0 Å². The van der Waals surface area contributed by atoms with E-state index in [9.17, 15) is 4.79 Å². The summed E-state index contributed by atoms with van der Waals surface area (Å²) in [7, 11) is 0. The predicted octanol–water partition coefficient (Wildman–Crippen LogP) is 5.41. The number of benzene rings is 1. The van der Waals surface area contributed by atoms with E-state index in [0.717, 1.165) is 37.7 Å². The number of unbranched alkanes of at least 4 members (excludes halogenated alkanes) is 1. The summed E-state index contributed by atoms with van der Waals surface area (Å²) in [6, 6.07) is 3.71. The van der Waals surface area contributed by atoms with Crippen molar-refractivity contribution >= 4 is 12.0 Å². The zero-order valence-corrected chi connectivity index (χ0v) is 17.2. The van der Waals surface area contributed by atoms with Gasteiger partial charge in [0.05, 0.1) is 26.4 Å². The Morgan fingerprint density at radius 3 is 1.89 bits per heavy atom. The van der Waals surface area contributed by atoms with Crippen molar-refractivity contribution in [3.05, 3.63) is 23.8 Å². The molecule has 152 valence electrons. The van der Waals surface area contributed by atoms with Crippen molar-refractivity contribution in [3.8, 4) is 17.2 Å². The molecule has 0 saturated heterocycles. The molecule has 0 bridgehead atoms. The summed E-state index contributed by atoms with van der Waals surface area (Å²) in [4.78, 5) is 11.9. The van der Waals surface area contributed by atoms with Gasteiger partial charge in [0, 0.05) is 17.7 Å². The third kappa shape index (κ3) is 8.85. The SMILES string of the molecule is CCCCOC(=O)C=Cc1cc(OCCC)c(OCCC)cc1OCCC. The molecule has 1 aromatic carbocycles. The first-order valence-electron chi connectivity index (χ1n) is 10.1. The summed E-state index contributed by atoms with van der Waals surface area (Å²) in [6.45, 7) is 10.4. The van der Waals surface area contributed by atoms with E-state index in [1.165, 1.54) is 6.08 Å². The fourth-order valence-electron chi connectivity index (χ4n) is 2.20. The van der Waals surface area contributed by atoms with Crippen LogP contribution in [-0.2, 0) is 9.53 Å². The molecule has 0 heterocycles. The molecule has 0 aromatic heterocycles. The van der Waals surface area contributed by atoms with E-state index in [1.54, 1.807) is 6.08 Å². The van der Waals surface area contributed by atoms with Gasteiger partial charge >= 0.3 is 5.97 Å². The molecule has 1 aromatic rings. The molecule has 0 aliphatic carbocycles. The van der Waals surface area contributed by atoms with Crippen molar-refractivity contribution in [1.29, 1.82) is 0 Å². The second-order valence-electron chi connectivity index (χ2n) is 6.24. The lowest BCUT2D eigenvalue weighted by atomic mass is 10.1. The van der Waals surface area contributed by atoms with Gasteiger partial charge in [0.15, 0.2) is 11.5 Å². The Morgan fingerprint density at radius 2 is 1.33 bits per heavy atom. The molecule has 0 unspecified atom stereocenters. The Morgan fingerprint density at radius 1 is 0.778 bits per heavy atom. The van der Waals surface area contributed by atoms with Gasteiger partial charge in [-0.1, -0.05) is 34.1 Å². The van der Waals surface area contributed by atoms with Crippen molar-refractivity contribution < 1.29 is 23.7 Å². The lowest BCUT2D eigenvalue weighted by Crippen LogP contribution is -2.04. The van der Waals surface area contributed by atoms with E-state index in [0.29, 0.717) is 43.7 Å². The number of hydrogen-bond acceptors (Lipinski definition) is 5. The summed E-state index contributed by atoms with van der Waals surface area (Å²) < 4.78 is 22.7. The maximum absolute atomic E-state index is 11.9. The molecular weight excluding hydrogens is 344 g/mol. The smallest absolute Gasteiger partial charge is 0.330 e. The van der Waals surface area contributed by atoms with E-state index in [1.807, 2.05) is 19.1 Å². The third-order valence-corrected chi connectivity index (χ3v) is 3.60. The van der Waals surface area contributed by atoms with Crippen LogP contribution in [0.4, 0.5) is 0 Å². The van der Waals surface area contributed by atoms with Gasteiger partial charge < -0.3 is 18.9 Å². The molecule has 1 rings (SSSR count). The second-order valence-corrected chi connectivity index (χ2v) is 6.24. The van der Waals surface area contributed by atoms with Gasteiger partial charge in [0.1, 0.15) is 5.75 Å². The lowest BCUT2D eigenvalue weighted by Gasteiger charge is -2.16. The van der Waals surface area contributed by atoms with Crippen molar-refractivity contribution in [2.24, 2.45) is 0 Å². The van der Waals surface area contributed by atoms with E-state index < -0.39 is 0 Å². The molecule has 5 nitrogen and oxygen atoms in total. The van der Waals surface area contributed by atoms with Crippen LogP contribution >= 0.6 is 0 Å². The van der Waals surface area contributed by atoms with Gasteiger partial charge in [0.25, 0.3) is 0 Å². The first kappa shape index (κ1) is 22.9. The Hall–Kier alpha value is -2.17. The molecule has 0 amide bonds. The zero-order valence-electron chi connectivity index (χ0n) is 17.2. The first-order valence-corrected chi connectivity index (χ1v) is 10.1. The van der Waals surface area contributed by atoms with E-state index in [2.05, 4.69) is 20.8 Å². The van der Waals surface area contributed by atoms with Crippen molar-refractivity contribution in [3.63, 3.8) is 0 Å². The van der Waals surface area contributed by atoms with Crippen LogP contribution in [0.15, 0.2) is 18.2 Å². The van der Waals surface area contributed by atoms with Gasteiger partial charge in [-0.05, 0) is 37.8 Å². The van der Waals surface area contributed by atoms with Gasteiger partial charge in [-0.15, -0.1) is 0 Å². The van der Waals surface area contributed by atoms with Gasteiger partial charge in [-0.2, -0.15) is 0 Å². The van der Waals surface area contributed by atoms with Crippen LogP contribution < -0.4 is 14.2 Å². The monoisotopic (exact) mass is 378 g/mol. The van der Waals surface area contributed by atoms with Crippen LogP contribution in [0, 0.1) is 0 Å². The van der Waals surface area contributed by atoms with Gasteiger partial charge in [-0.25, -0.2) is 4.79 Å². The maximum atomic E-state index is 11.9. The summed E-state index contributed by atoms with van der Waals surface area (Å²) in [6.07, 6.45) is 7.69. The summed E-state index contributed by atoms with van der Waals surface area (Å²) in [5.41, 5.74) is 0.769. The Bertz CT molecular complexity index is 580. The number of esters is 1. The van der Waals surface area contributed by atoms with Crippen LogP contribution in [0.5, 0.6) is 17.2 Å². The minimum Gasteiger partial charge on any atom is -0.493 e. The number of hydrogen-bond donors (Lipinski definition) is 0. The summed E-state index contributed by atoms with van der Waals surface area (Å²) in [5.74, 6) is 1.64. The standard InChI is InChI=1S/C22H34O5/c1-5-9-15-27-22(23)11-10-18-16-20(25-13-7-3)21(26-14-8-4)17-19(18)24-12-6-2/h10-11,16-17H,5-9,12-15H2,1-4H3. The quantitative estimate of drug-likeness (QED) is 0.246. The molecule has 0 aliphatic heterocycles. The summed E-state index contributed by atoms with van der Waals surface area (Å²) in [5, 5.41) is 0. The molecule has 0 saturated carbocycles. The fraction of sp³-hybridized carbons (Fsp3) is 0.591. The van der Waals surface area contributed by atoms with Gasteiger partial charge in [-0.3, -0.25) is 0 Å². The molecule has 0 radical (unpaired) electrons. The number of rotatable bonds is 14. The van der Waals surface area contributed by atoms with Crippen LogP contribution in [0.3, 0.4) is 0 Å². The van der Waals surface area contributed by atoms with Crippen LogP contribution in [0.25, 0.3) is 6.08 Å². The zero-order chi connectivity index (χ0) is 19.9. The van der Waals surface area contributed by atoms with Crippen LogP contribution in [0.1, 0.15) is 65.4 Å². The topological polar surface area (TPSA) is 54.0 Å². The highest BCUT2D eigenvalue weighted by Crippen LogP contribution is 2.36. The predicted molar refractivity (Wildman–Crippen MR) is 109 cm³/mol. The summed E-state index contributed by atoms with van der Waals surface area (Å²) >= 11 is 0. The normalized spacial score (nSPS) is 10.8. The molecule has 5 heteroatoms. The third-order valence-electron chi connectivity index (χ3n) is 3.60. The highest BCUT2D eigenvalue weighted by Gasteiger charge is 2.13. The maximum Gasteiger partial charge on any atom is 0.330 e. The Labute approximate surface area is 163 Å². The van der Waals surface area contributed by atoms with Crippen molar-refractivity contribution in [2.45, 2.75) is 59.8 Å². The van der Waals surface area contributed by atoms with Crippen molar-refractivity contribution in [2.75, 3.05) is 26.4 Å². The minimum absolute atomic E-state index is 0.354. The minimum atomic E-state index is -0.354. The molecular formula is C22H34O5. The number of carbonyl (C=O) groups excluding carboxylic acids is 1. The fourth-order valence-corrected chi connectivity index (χ4v) is 2.20. The molecule has 0 aliphatic rings. The second kappa shape index (κ2) is 14.0. The molecule has 0 N–H and O–H groups in total. The molecule has 0 spiro atoms. The Kier molecular flexibility index (Phi) is 11.8. The largest absolute Gasteiger partial charge is 0.493 e. The Balaban J connectivity index is 3.06. The van der Waals surface area contributed by atoms with Crippen LogP contribution in [-0.4, -0.2) is 32.4 Å². The highest BCUT2D eigenvalue weighted by molar-refractivity contribution is 5.87. The first-order chi connectivity index (χ1) is 13.2. The van der Waals surface area contributed by atoms with E-state index in [4.69, 9.17) is 18.9 Å². The average Bonchev–Trinajstić information content (AvgIpc) is 2.68. The molecule has 0 fully saturated rings. The molecule has 27 heavy (non-hydrogen) atoms. The van der Waals surface area contributed by atoms with Crippen LogP contribution in [0.2, 0.25) is 0 Å². The average molecular weight is 379 g/mol. The van der Waals surface area contributed by atoms with Crippen molar-refractivity contribution in [1.82, 2.24) is 0 Å². The highest BCUT2D eigenvalue weighted by atomic mass is 16.5. The number of carbonyl (C=O) groups is 1. The molecule has 0 atom stereocenters. The number of ether oxygens (including phenoxy) is 4. The lowest BCUT2D eigenvalue weighted by molar-refractivity contribution is -0.137. The van der Waals surface area contributed by atoms with E-state index >= 15 is 0 Å². The van der Waals surface area contributed by atoms with E-state index in [-0.39, 0.29) is 5.97 Å².